The summed E-state index contributed by atoms with van der Waals surface area (Å²) in [6.07, 6.45) is 15.4. The molecule has 0 saturated heterocycles. The lowest BCUT2D eigenvalue weighted by Gasteiger charge is -2.17. The van der Waals surface area contributed by atoms with Crippen LogP contribution in [0.3, 0.4) is 0 Å². The second-order valence-corrected chi connectivity index (χ2v) is 5.94. The van der Waals surface area contributed by atoms with Crippen LogP contribution in [0.2, 0.25) is 0 Å². The van der Waals surface area contributed by atoms with Gasteiger partial charge in [-0.1, -0.05) is 37.8 Å². The molecule has 3 atom stereocenters. The molecule has 1 saturated carbocycles. The van der Waals surface area contributed by atoms with E-state index >= 15 is 0 Å². The Morgan fingerprint density at radius 2 is 1.89 bits per heavy atom. The van der Waals surface area contributed by atoms with E-state index in [0.29, 0.717) is 6.61 Å². The van der Waals surface area contributed by atoms with Gasteiger partial charge in [0.05, 0.1) is 6.61 Å². The Morgan fingerprint density at radius 1 is 1.11 bits per heavy atom. The summed E-state index contributed by atoms with van der Waals surface area (Å²) in [5.74, 6) is 2.67. The van der Waals surface area contributed by atoms with E-state index in [1.807, 2.05) is 0 Å². The molecule has 0 heterocycles. The summed E-state index contributed by atoms with van der Waals surface area (Å²) in [5.41, 5.74) is 0. The number of hydrogen-bond acceptors (Lipinski definition) is 2. The summed E-state index contributed by atoms with van der Waals surface area (Å²) in [7, 11) is 0. The van der Waals surface area contributed by atoms with Crippen molar-refractivity contribution in [3.8, 4) is 0 Å². The molecule has 2 nitrogen and oxygen atoms in total. The Kier molecular flexibility index (Phi) is 5.27. The Morgan fingerprint density at radius 3 is 2.56 bits per heavy atom. The minimum absolute atomic E-state index is 0.153. The Hall–Kier alpha value is -0.790. The number of allylic oxidation sites excluding steroid dienone is 2. The molecule has 0 aliphatic heterocycles. The van der Waals surface area contributed by atoms with Crippen LogP contribution in [0.1, 0.15) is 58.3 Å². The fraction of sp³-hybridized carbons (Fsp3) is 0.812. The molecule has 3 unspecified atom stereocenters. The van der Waals surface area contributed by atoms with E-state index in [1.165, 1.54) is 51.9 Å². The molecule has 0 N–H and O–H groups in total. The number of unbranched alkanes of at least 4 members (excludes halogenated alkanes) is 4. The summed E-state index contributed by atoms with van der Waals surface area (Å²) in [6, 6.07) is 0. The molecule has 0 spiro atoms. The van der Waals surface area contributed by atoms with E-state index in [0.717, 1.165) is 24.2 Å². The summed E-state index contributed by atoms with van der Waals surface area (Å²) in [4.78, 5) is 10.6. The highest BCUT2D eigenvalue weighted by Gasteiger charge is 2.34. The zero-order valence-corrected chi connectivity index (χ0v) is 11.6. The molecule has 2 aliphatic rings. The largest absolute Gasteiger partial charge is 0.466 e. The Balaban J connectivity index is 1.40. The van der Waals surface area contributed by atoms with Crippen molar-refractivity contribution in [1.29, 1.82) is 0 Å². The molecular weight excluding hydrogens is 224 g/mol. The summed E-state index contributed by atoms with van der Waals surface area (Å²) in [6.45, 7) is 2.08. The van der Waals surface area contributed by atoms with Gasteiger partial charge in [0.2, 0.25) is 0 Å². The van der Waals surface area contributed by atoms with Gasteiger partial charge < -0.3 is 4.74 Å². The Labute approximate surface area is 111 Å². The molecular formula is C16H26O2. The monoisotopic (exact) mass is 250 g/mol. The van der Waals surface area contributed by atoms with Crippen molar-refractivity contribution in [2.24, 2.45) is 17.8 Å². The maximum Gasteiger partial charge on any atom is 0.302 e. The van der Waals surface area contributed by atoms with Crippen LogP contribution in [0, 0.1) is 17.8 Å². The van der Waals surface area contributed by atoms with Gasteiger partial charge in [-0.2, -0.15) is 0 Å². The predicted octanol–water partition coefficient (Wildman–Crippen LogP) is 4.10. The molecule has 0 aromatic rings. The van der Waals surface area contributed by atoms with Crippen LogP contribution in [0.4, 0.5) is 0 Å². The quantitative estimate of drug-likeness (QED) is 0.368. The van der Waals surface area contributed by atoms with E-state index in [2.05, 4.69) is 12.2 Å². The van der Waals surface area contributed by atoms with E-state index in [1.54, 1.807) is 0 Å². The first-order valence-corrected chi connectivity index (χ1v) is 7.57. The van der Waals surface area contributed by atoms with Crippen LogP contribution in [0.25, 0.3) is 0 Å². The van der Waals surface area contributed by atoms with Crippen molar-refractivity contribution in [2.45, 2.75) is 58.3 Å². The third-order valence-electron chi connectivity index (χ3n) is 4.44. The number of hydrogen-bond donors (Lipinski definition) is 0. The smallest absolute Gasteiger partial charge is 0.302 e. The fourth-order valence-electron chi connectivity index (χ4n) is 3.48. The molecule has 0 radical (unpaired) electrons. The minimum Gasteiger partial charge on any atom is -0.466 e. The molecule has 2 heteroatoms. The van der Waals surface area contributed by atoms with Crippen molar-refractivity contribution in [1.82, 2.24) is 0 Å². The van der Waals surface area contributed by atoms with E-state index < -0.39 is 0 Å². The highest BCUT2D eigenvalue weighted by molar-refractivity contribution is 5.65. The van der Waals surface area contributed by atoms with Crippen LogP contribution < -0.4 is 0 Å². The molecule has 2 rings (SSSR count). The average Bonchev–Trinajstić information content (AvgIpc) is 2.94. The van der Waals surface area contributed by atoms with Gasteiger partial charge in [0.1, 0.15) is 0 Å². The molecule has 18 heavy (non-hydrogen) atoms. The summed E-state index contributed by atoms with van der Waals surface area (Å²) >= 11 is 0. The molecule has 102 valence electrons. The number of ether oxygens (including phenoxy) is 1. The Bertz CT molecular complexity index is 295. The first-order valence-electron chi connectivity index (χ1n) is 7.57. The maximum absolute atomic E-state index is 10.6. The summed E-state index contributed by atoms with van der Waals surface area (Å²) in [5, 5.41) is 0. The van der Waals surface area contributed by atoms with Crippen molar-refractivity contribution in [3.05, 3.63) is 12.2 Å². The van der Waals surface area contributed by atoms with Gasteiger partial charge in [-0.25, -0.2) is 0 Å². The average molecular weight is 250 g/mol. The first-order chi connectivity index (χ1) is 8.75. The maximum atomic E-state index is 10.6. The SMILES string of the molecule is CC(=O)OCCCCCCCC1CC2C=CC1C2. The molecule has 0 aromatic heterocycles. The summed E-state index contributed by atoms with van der Waals surface area (Å²) < 4.78 is 4.92. The third kappa shape index (κ3) is 4.15. The number of esters is 1. The van der Waals surface area contributed by atoms with Gasteiger partial charge in [-0.3, -0.25) is 4.79 Å². The standard InChI is InChI=1S/C16H26O2/c1-13(17)18-10-6-4-2-3-5-7-15-11-14-8-9-16(15)12-14/h8-9,14-16H,2-7,10-12H2,1H3. The van der Waals surface area contributed by atoms with E-state index in [4.69, 9.17) is 4.74 Å². The van der Waals surface area contributed by atoms with Crippen molar-refractivity contribution in [3.63, 3.8) is 0 Å². The highest BCUT2D eigenvalue weighted by Crippen LogP contribution is 2.45. The van der Waals surface area contributed by atoms with Gasteiger partial charge in [0, 0.05) is 6.92 Å². The van der Waals surface area contributed by atoms with Crippen LogP contribution in [-0.4, -0.2) is 12.6 Å². The van der Waals surface area contributed by atoms with Crippen molar-refractivity contribution < 1.29 is 9.53 Å². The lowest BCUT2D eigenvalue weighted by atomic mass is 9.88. The third-order valence-corrected chi connectivity index (χ3v) is 4.44. The van der Waals surface area contributed by atoms with Crippen LogP contribution in [0.15, 0.2) is 12.2 Å². The number of fused-ring (bicyclic) bond motifs is 2. The second-order valence-electron chi connectivity index (χ2n) is 5.94. The van der Waals surface area contributed by atoms with Crippen molar-refractivity contribution >= 4 is 5.97 Å². The van der Waals surface area contributed by atoms with Crippen molar-refractivity contribution in [2.75, 3.05) is 6.61 Å². The highest BCUT2D eigenvalue weighted by atomic mass is 16.5. The lowest BCUT2D eigenvalue weighted by Crippen LogP contribution is -2.06. The zero-order valence-electron chi connectivity index (χ0n) is 11.6. The van der Waals surface area contributed by atoms with E-state index in [9.17, 15) is 4.79 Å². The minimum atomic E-state index is -0.153. The van der Waals surface area contributed by atoms with Crippen LogP contribution >= 0.6 is 0 Å². The van der Waals surface area contributed by atoms with Gasteiger partial charge in [-0.05, 0) is 43.4 Å². The van der Waals surface area contributed by atoms with Crippen LogP contribution in [-0.2, 0) is 9.53 Å². The molecule has 2 bridgehead atoms. The van der Waals surface area contributed by atoms with Gasteiger partial charge >= 0.3 is 5.97 Å². The lowest BCUT2D eigenvalue weighted by molar-refractivity contribution is -0.141. The number of rotatable bonds is 8. The van der Waals surface area contributed by atoms with Crippen LogP contribution in [0.5, 0.6) is 0 Å². The molecule has 0 aromatic carbocycles. The second kappa shape index (κ2) is 6.96. The topological polar surface area (TPSA) is 26.3 Å². The first kappa shape index (κ1) is 13.6. The zero-order chi connectivity index (χ0) is 12.8. The normalized spacial score (nSPS) is 28.8. The number of carbonyl (C=O) groups excluding carboxylic acids is 1. The van der Waals surface area contributed by atoms with E-state index in [-0.39, 0.29) is 5.97 Å². The number of carbonyl (C=O) groups is 1. The molecule has 2 aliphatic carbocycles. The predicted molar refractivity (Wildman–Crippen MR) is 73.2 cm³/mol. The molecule has 0 amide bonds. The van der Waals surface area contributed by atoms with Gasteiger partial charge in [0.25, 0.3) is 0 Å². The fourth-order valence-corrected chi connectivity index (χ4v) is 3.48. The van der Waals surface area contributed by atoms with Gasteiger partial charge in [-0.15, -0.1) is 0 Å². The van der Waals surface area contributed by atoms with Gasteiger partial charge in [0.15, 0.2) is 0 Å². The molecule has 1 fully saturated rings.